The van der Waals surface area contributed by atoms with Gasteiger partial charge in [0.1, 0.15) is 22.9 Å². The second kappa shape index (κ2) is 5.69. The number of ether oxygens (including phenoxy) is 1. The molecule has 0 aliphatic rings. The van der Waals surface area contributed by atoms with E-state index < -0.39 is 34.1 Å². The Bertz CT molecular complexity index is 916. The van der Waals surface area contributed by atoms with E-state index in [1.807, 2.05) is 0 Å². The number of anilines is 1. The zero-order valence-electron chi connectivity index (χ0n) is 11.7. The van der Waals surface area contributed by atoms with Crippen molar-refractivity contribution in [2.45, 2.75) is 6.92 Å². The average Bonchev–Trinajstić information content (AvgIpc) is 2.50. The molecule has 0 spiro atoms. The molecule has 1 aromatic heterocycles. The molecule has 0 bridgehead atoms. The lowest BCUT2D eigenvalue weighted by atomic mass is 10.2. The molecule has 0 aliphatic heterocycles. The number of nitrogens with two attached hydrogens (primary N) is 1. The molecular weight excluding hydrogens is 375 g/mol. The molecule has 0 aliphatic carbocycles. The summed E-state index contributed by atoms with van der Waals surface area (Å²) in [5.74, 6) is -4.92. The molecule has 0 radical (unpaired) electrons. The summed E-state index contributed by atoms with van der Waals surface area (Å²) in [6, 6.07) is 6.19. The number of nitrogen functional groups attached to an aromatic ring is 1. The van der Waals surface area contributed by atoms with Crippen molar-refractivity contribution < 1.29 is 17.9 Å². The first kappa shape index (κ1) is 15.5. The highest BCUT2D eigenvalue weighted by molar-refractivity contribution is 9.10. The van der Waals surface area contributed by atoms with Crippen molar-refractivity contribution >= 4 is 32.7 Å². The van der Waals surface area contributed by atoms with Crippen LogP contribution in [0.3, 0.4) is 0 Å². The first-order valence-corrected chi connectivity index (χ1v) is 7.21. The standard InChI is InChI=1S/C15H9BrF3N3O/c1-6-21-13-9(15(20)22-6)10(17)11(18)14(12(13)19)23-8-4-2-7(16)3-5-8/h2-5H,1H3,(H2,20,21,22). The van der Waals surface area contributed by atoms with E-state index in [2.05, 4.69) is 25.9 Å². The van der Waals surface area contributed by atoms with Gasteiger partial charge in [0.15, 0.2) is 11.6 Å². The van der Waals surface area contributed by atoms with Gasteiger partial charge in [-0.15, -0.1) is 0 Å². The van der Waals surface area contributed by atoms with E-state index in [-0.39, 0.29) is 17.4 Å². The van der Waals surface area contributed by atoms with Crippen molar-refractivity contribution in [1.29, 1.82) is 0 Å². The maximum Gasteiger partial charge on any atom is 0.205 e. The van der Waals surface area contributed by atoms with Crippen LogP contribution in [0.2, 0.25) is 0 Å². The third kappa shape index (κ3) is 2.70. The van der Waals surface area contributed by atoms with Crippen LogP contribution >= 0.6 is 15.9 Å². The predicted molar refractivity (Wildman–Crippen MR) is 82.8 cm³/mol. The Morgan fingerprint density at radius 1 is 1.00 bits per heavy atom. The lowest BCUT2D eigenvalue weighted by Gasteiger charge is -2.12. The summed E-state index contributed by atoms with van der Waals surface area (Å²) in [6.07, 6.45) is 0. The Morgan fingerprint density at radius 3 is 2.30 bits per heavy atom. The molecule has 0 saturated carbocycles. The summed E-state index contributed by atoms with van der Waals surface area (Å²) in [4.78, 5) is 7.51. The molecule has 23 heavy (non-hydrogen) atoms. The van der Waals surface area contributed by atoms with E-state index in [1.165, 1.54) is 19.1 Å². The number of halogens is 4. The fourth-order valence-corrected chi connectivity index (χ4v) is 2.36. The molecule has 0 unspecified atom stereocenters. The molecule has 8 heteroatoms. The van der Waals surface area contributed by atoms with Crippen LogP contribution in [-0.2, 0) is 0 Å². The SMILES string of the molecule is Cc1nc(N)c2c(F)c(F)c(Oc3ccc(Br)cc3)c(F)c2n1. The van der Waals surface area contributed by atoms with Gasteiger partial charge in [0, 0.05) is 4.47 Å². The molecule has 1 heterocycles. The largest absolute Gasteiger partial charge is 0.451 e. The fourth-order valence-electron chi connectivity index (χ4n) is 2.09. The molecule has 0 saturated heterocycles. The highest BCUT2D eigenvalue weighted by atomic mass is 79.9. The van der Waals surface area contributed by atoms with E-state index in [0.717, 1.165) is 4.47 Å². The lowest BCUT2D eigenvalue weighted by Crippen LogP contribution is -2.05. The van der Waals surface area contributed by atoms with Gasteiger partial charge in [0.25, 0.3) is 0 Å². The molecule has 0 amide bonds. The number of hydrogen-bond donors (Lipinski definition) is 1. The number of aryl methyl sites for hydroxylation is 1. The van der Waals surface area contributed by atoms with Gasteiger partial charge in [-0.1, -0.05) is 15.9 Å². The predicted octanol–water partition coefficient (Wildman–Crippen LogP) is 4.49. The minimum Gasteiger partial charge on any atom is -0.451 e. The number of aromatic nitrogens is 2. The molecule has 3 aromatic rings. The number of fused-ring (bicyclic) bond motifs is 1. The van der Waals surface area contributed by atoms with Gasteiger partial charge < -0.3 is 10.5 Å². The molecule has 0 fully saturated rings. The van der Waals surface area contributed by atoms with Gasteiger partial charge in [0.2, 0.25) is 11.6 Å². The van der Waals surface area contributed by atoms with Gasteiger partial charge in [0.05, 0.1) is 5.39 Å². The molecule has 118 valence electrons. The summed E-state index contributed by atoms with van der Waals surface area (Å²) < 4.78 is 48.8. The van der Waals surface area contributed by atoms with Crippen molar-refractivity contribution in [2.24, 2.45) is 0 Å². The zero-order chi connectivity index (χ0) is 16.7. The van der Waals surface area contributed by atoms with Crippen molar-refractivity contribution in [3.8, 4) is 11.5 Å². The molecule has 2 aromatic carbocycles. The minimum absolute atomic E-state index is 0.134. The first-order chi connectivity index (χ1) is 10.9. The Kier molecular flexibility index (Phi) is 3.85. The van der Waals surface area contributed by atoms with Gasteiger partial charge in [-0.05, 0) is 31.2 Å². The number of nitrogens with zero attached hydrogens (tertiary/aromatic N) is 2. The van der Waals surface area contributed by atoms with E-state index in [0.29, 0.717) is 0 Å². The highest BCUT2D eigenvalue weighted by Crippen LogP contribution is 2.36. The van der Waals surface area contributed by atoms with Crippen molar-refractivity contribution in [1.82, 2.24) is 9.97 Å². The Balaban J connectivity index is 2.23. The van der Waals surface area contributed by atoms with Crippen molar-refractivity contribution in [3.05, 3.63) is 52.0 Å². The number of hydrogen-bond acceptors (Lipinski definition) is 4. The summed E-state index contributed by atoms with van der Waals surface area (Å²) >= 11 is 3.23. The molecule has 2 N–H and O–H groups in total. The van der Waals surface area contributed by atoms with Crippen LogP contribution < -0.4 is 10.5 Å². The second-order valence-electron chi connectivity index (χ2n) is 4.71. The third-order valence-electron chi connectivity index (χ3n) is 3.10. The number of rotatable bonds is 2. The van der Waals surface area contributed by atoms with Crippen LogP contribution in [0.1, 0.15) is 5.82 Å². The van der Waals surface area contributed by atoms with Gasteiger partial charge >= 0.3 is 0 Å². The Hall–Kier alpha value is -2.35. The summed E-state index contributed by atoms with van der Waals surface area (Å²) in [5, 5.41) is -0.506. The monoisotopic (exact) mass is 383 g/mol. The lowest BCUT2D eigenvalue weighted by molar-refractivity contribution is 0.392. The average molecular weight is 384 g/mol. The Morgan fingerprint density at radius 2 is 1.65 bits per heavy atom. The molecule has 4 nitrogen and oxygen atoms in total. The normalized spacial score (nSPS) is 11.0. The van der Waals surface area contributed by atoms with Crippen molar-refractivity contribution in [2.75, 3.05) is 5.73 Å². The van der Waals surface area contributed by atoms with E-state index in [4.69, 9.17) is 10.5 Å². The van der Waals surface area contributed by atoms with Crippen LogP contribution in [0, 0.1) is 24.4 Å². The van der Waals surface area contributed by atoms with E-state index in [1.54, 1.807) is 12.1 Å². The quantitative estimate of drug-likeness (QED) is 0.662. The molecule has 3 rings (SSSR count). The maximum absolute atomic E-state index is 14.5. The van der Waals surface area contributed by atoms with Crippen LogP contribution in [0.4, 0.5) is 19.0 Å². The minimum atomic E-state index is -1.49. The second-order valence-corrected chi connectivity index (χ2v) is 5.62. The van der Waals surface area contributed by atoms with Gasteiger partial charge in [-0.3, -0.25) is 0 Å². The summed E-state index contributed by atoms with van der Waals surface area (Å²) in [7, 11) is 0. The van der Waals surface area contributed by atoms with Crippen LogP contribution in [0.25, 0.3) is 10.9 Å². The van der Waals surface area contributed by atoms with Crippen molar-refractivity contribution in [3.63, 3.8) is 0 Å². The first-order valence-electron chi connectivity index (χ1n) is 6.42. The van der Waals surface area contributed by atoms with Crippen LogP contribution in [0.5, 0.6) is 11.5 Å². The molecule has 0 atom stereocenters. The zero-order valence-corrected chi connectivity index (χ0v) is 13.3. The third-order valence-corrected chi connectivity index (χ3v) is 3.63. The summed E-state index contributed by atoms with van der Waals surface area (Å²) in [5.41, 5.74) is 5.11. The summed E-state index contributed by atoms with van der Waals surface area (Å²) in [6.45, 7) is 1.46. The fraction of sp³-hybridized carbons (Fsp3) is 0.0667. The van der Waals surface area contributed by atoms with Crippen LogP contribution in [-0.4, -0.2) is 9.97 Å². The Labute approximate surface area is 137 Å². The highest BCUT2D eigenvalue weighted by Gasteiger charge is 2.25. The topological polar surface area (TPSA) is 61.0 Å². The van der Waals surface area contributed by atoms with E-state index >= 15 is 0 Å². The molecular formula is C15H9BrF3N3O. The maximum atomic E-state index is 14.5. The van der Waals surface area contributed by atoms with E-state index in [9.17, 15) is 13.2 Å². The van der Waals surface area contributed by atoms with Gasteiger partial charge in [-0.2, -0.15) is 4.39 Å². The number of benzene rings is 2. The smallest absolute Gasteiger partial charge is 0.205 e. The van der Waals surface area contributed by atoms with Crippen LogP contribution in [0.15, 0.2) is 28.7 Å². The van der Waals surface area contributed by atoms with Gasteiger partial charge in [-0.25, -0.2) is 18.7 Å².